The molecule has 0 unspecified atom stereocenters. The Hall–Kier alpha value is -3.02. The van der Waals surface area contributed by atoms with Crippen LogP contribution in [0.1, 0.15) is 11.1 Å². The van der Waals surface area contributed by atoms with Crippen molar-refractivity contribution in [3.8, 4) is 17.2 Å². The van der Waals surface area contributed by atoms with Crippen molar-refractivity contribution in [3.05, 3.63) is 59.4 Å². The van der Waals surface area contributed by atoms with Crippen molar-refractivity contribution < 1.29 is 23.4 Å². The molecule has 1 amide bonds. The zero-order chi connectivity index (χ0) is 18.2. The highest BCUT2D eigenvalue weighted by Gasteiger charge is 2.13. The summed E-state index contributed by atoms with van der Waals surface area (Å²) in [7, 11) is 4.62. The number of amides is 1. The van der Waals surface area contributed by atoms with Gasteiger partial charge in [0.15, 0.2) is 0 Å². The standard InChI is InChI=1S/C19H20FNO4/c1-23-15-10-17(24-2)16(18(11-15)25-3)12-21-19(22)9-6-13-4-7-14(20)8-5-13/h4-11H,12H2,1-3H3,(H,21,22)/b9-6+. The third-order valence-electron chi connectivity index (χ3n) is 3.55. The second-order valence-electron chi connectivity index (χ2n) is 5.11. The summed E-state index contributed by atoms with van der Waals surface area (Å²) < 4.78 is 28.7. The third-order valence-corrected chi connectivity index (χ3v) is 3.55. The van der Waals surface area contributed by atoms with Gasteiger partial charge < -0.3 is 19.5 Å². The van der Waals surface area contributed by atoms with Gasteiger partial charge in [-0.25, -0.2) is 4.39 Å². The Bertz CT molecular complexity index is 732. The number of methoxy groups -OCH3 is 3. The average Bonchev–Trinajstić information content (AvgIpc) is 2.65. The molecule has 1 N–H and O–H groups in total. The van der Waals surface area contributed by atoms with Gasteiger partial charge in [-0.1, -0.05) is 12.1 Å². The van der Waals surface area contributed by atoms with E-state index in [0.717, 1.165) is 5.56 Å². The van der Waals surface area contributed by atoms with Crippen LogP contribution >= 0.6 is 0 Å². The lowest BCUT2D eigenvalue weighted by Gasteiger charge is -2.15. The molecule has 0 radical (unpaired) electrons. The van der Waals surface area contributed by atoms with Gasteiger partial charge in [0.1, 0.15) is 23.1 Å². The molecule has 0 saturated heterocycles. The molecule has 2 aromatic rings. The van der Waals surface area contributed by atoms with Crippen molar-refractivity contribution in [2.45, 2.75) is 6.54 Å². The van der Waals surface area contributed by atoms with E-state index in [4.69, 9.17) is 14.2 Å². The highest BCUT2D eigenvalue weighted by atomic mass is 19.1. The summed E-state index contributed by atoms with van der Waals surface area (Å²) in [6.07, 6.45) is 2.99. The first-order chi connectivity index (χ1) is 12.1. The van der Waals surface area contributed by atoms with Crippen LogP contribution in [0.2, 0.25) is 0 Å². The first-order valence-electron chi connectivity index (χ1n) is 7.57. The maximum atomic E-state index is 12.9. The number of ether oxygens (including phenoxy) is 3. The SMILES string of the molecule is COc1cc(OC)c(CNC(=O)/C=C/c2ccc(F)cc2)c(OC)c1. The van der Waals surface area contributed by atoms with E-state index in [2.05, 4.69) is 5.32 Å². The maximum absolute atomic E-state index is 12.9. The number of hydrogen-bond donors (Lipinski definition) is 1. The Kier molecular flexibility index (Phi) is 6.39. The molecule has 0 aromatic heterocycles. The smallest absolute Gasteiger partial charge is 0.244 e. The minimum atomic E-state index is -0.319. The van der Waals surface area contributed by atoms with E-state index in [0.29, 0.717) is 22.8 Å². The molecular weight excluding hydrogens is 325 g/mol. The van der Waals surface area contributed by atoms with Crippen LogP contribution in [-0.2, 0) is 11.3 Å². The maximum Gasteiger partial charge on any atom is 0.244 e. The summed E-state index contributed by atoms with van der Waals surface area (Å²) in [5.41, 5.74) is 1.44. The van der Waals surface area contributed by atoms with E-state index >= 15 is 0 Å². The quantitative estimate of drug-likeness (QED) is 0.783. The predicted molar refractivity (Wildman–Crippen MR) is 93.4 cm³/mol. The lowest BCUT2D eigenvalue weighted by atomic mass is 10.1. The van der Waals surface area contributed by atoms with Crippen molar-refractivity contribution >= 4 is 12.0 Å². The monoisotopic (exact) mass is 345 g/mol. The van der Waals surface area contributed by atoms with E-state index in [1.165, 1.54) is 32.4 Å². The van der Waals surface area contributed by atoms with Gasteiger partial charge in [0.05, 0.1) is 33.4 Å². The van der Waals surface area contributed by atoms with Crippen molar-refractivity contribution in [3.63, 3.8) is 0 Å². The molecule has 0 aliphatic rings. The van der Waals surface area contributed by atoms with Crippen LogP contribution in [0, 0.1) is 5.82 Å². The first kappa shape index (κ1) is 18.3. The molecular formula is C19H20FNO4. The Morgan fingerprint density at radius 3 is 2.16 bits per heavy atom. The first-order valence-corrected chi connectivity index (χ1v) is 7.57. The second kappa shape index (κ2) is 8.73. The van der Waals surface area contributed by atoms with Gasteiger partial charge in [-0.3, -0.25) is 4.79 Å². The Morgan fingerprint density at radius 1 is 1.04 bits per heavy atom. The largest absolute Gasteiger partial charge is 0.496 e. The van der Waals surface area contributed by atoms with Crippen molar-refractivity contribution in [1.29, 1.82) is 0 Å². The Balaban J connectivity index is 2.07. The number of benzene rings is 2. The van der Waals surface area contributed by atoms with Crippen LogP contribution in [0.25, 0.3) is 6.08 Å². The number of carbonyl (C=O) groups is 1. The molecule has 6 heteroatoms. The molecule has 0 bridgehead atoms. The molecule has 0 heterocycles. The fourth-order valence-electron chi connectivity index (χ4n) is 2.23. The predicted octanol–water partition coefficient (Wildman–Crippen LogP) is 3.18. The number of nitrogens with one attached hydrogen (secondary N) is 1. The van der Waals surface area contributed by atoms with Crippen molar-refractivity contribution in [2.75, 3.05) is 21.3 Å². The number of halogens is 1. The Labute approximate surface area is 146 Å². The number of carbonyl (C=O) groups excluding carboxylic acids is 1. The molecule has 5 nitrogen and oxygen atoms in total. The molecule has 0 atom stereocenters. The summed E-state index contributed by atoms with van der Waals surface area (Å²) in [4.78, 5) is 12.0. The van der Waals surface area contributed by atoms with Gasteiger partial charge in [0, 0.05) is 18.2 Å². The number of rotatable bonds is 7. The molecule has 2 rings (SSSR count). The summed E-state index contributed by atoms with van der Waals surface area (Å²) in [6.45, 7) is 0.225. The highest BCUT2D eigenvalue weighted by molar-refractivity contribution is 5.91. The summed E-state index contributed by atoms with van der Waals surface area (Å²) in [5.74, 6) is 1.10. The van der Waals surface area contributed by atoms with Crippen LogP contribution < -0.4 is 19.5 Å². The lowest BCUT2D eigenvalue weighted by Crippen LogP contribution is -2.21. The fraction of sp³-hybridized carbons (Fsp3) is 0.211. The Morgan fingerprint density at radius 2 is 1.64 bits per heavy atom. The minimum Gasteiger partial charge on any atom is -0.496 e. The molecule has 0 aliphatic heterocycles. The van der Waals surface area contributed by atoms with Crippen LogP contribution in [0.4, 0.5) is 4.39 Å². The van der Waals surface area contributed by atoms with Crippen LogP contribution in [0.15, 0.2) is 42.5 Å². The van der Waals surface area contributed by atoms with E-state index in [-0.39, 0.29) is 18.3 Å². The van der Waals surface area contributed by atoms with Crippen LogP contribution in [0.5, 0.6) is 17.2 Å². The molecule has 0 aliphatic carbocycles. The van der Waals surface area contributed by atoms with Gasteiger partial charge >= 0.3 is 0 Å². The van der Waals surface area contributed by atoms with Gasteiger partial charge in [0.2, 0.25) is 5.91 Å². The summed E-state index contributed by atoms with van der Waals surface area (Å²) >= 11 is 0. The topological polar surface area (TPSA) is 56.8 Å². The van der Waals surface area contributed by atoms with E-state index in [1.807, 2.05) is 0 Å². The number of hydrogen-bond acceptors (Lipinski definition) is 4. The lowest BCUT2D eigenvalue weighted by molar-refractivity contribution is -0.116. The summed E-state index contributed by atoms with van der Waals surface area (Å²) in [5, 5.41) is 2.77. The van der Waals surface area contributed by atoms with Gasteiger partial charge in [-0.15, -0.1) is 0 Å². The summed E-state index contributed by atoms with van der Waals surface area (Å²) in [6, 6.07) is 9.30. The molecule has 0 spiro atoms. The van der Waals surface area contributed by atoms with Crippen molar-refractivity contribution in [2.24, 2.45) is 0 Å². The van der Waals surface area contributed by atoms with Gasteiger partial charge in [0.25, 0.3) is 0 Å². The van der Waals surface area contributed by atoms with E-state index < -0.39 is 0 Å². The molecule has 0 saturated carbocycles. The average molecular weight is 345 g/mol. The third kappa shape index (κ3) is 4.97. The highest BCUT2D eigenvalue weighted by Crippen LogP contribution is 2.33. The molecule has 25 heavy (non-hydrogen) atoms. The van der Waals surface area contributed by atoms with Gasteiger partial charge in [-0.05, 0) is 23.8 Å². The zero-order valence-corrected chi connectivity index (χ0v) is 14.3. The zero-order valence-electron chi connectivity index (χ0n) is 14.3. The van der Waals surface area contributed by atoms with E-state index in [9.17, 15) is 9.18 Å². The van der Waals surface area contributed by atoms with Crippen molar-refractivity contribution in [1.82, 2.24) is 5.32 Å². The van der Waals surface area contributed by atoms with Crippen LogP contribution in [-0.4, -0.2) is 27.2 Å². The molecule has 0 fully saturated rings. The fourth-order valence-corrected chi connectivity index (χ4v) is 2.23. The normalized spacial score (nSPS) is 10.6. The second-order valence-corrected chi connectivity index (χ2v) is 5.11. The van der Waals surface area contributed by atoms with Gasteiger partial charge in [-0.2, -0.15) is 0 Å². The minimum absolute atomic E-state index is 0.225. The van der Waals surface area contributed by atoms with Crippen LogP contribution in [0.3, 0.4) is 0 Å². The molecule has 2 aromatic carbocycles. The molecule has 132 valence electrons. The van der Waals surface area contributed by atoms with E-state index in [1.54, 1.807) is 37.5 Å².